The quantitative estimate of drug-likeness (QED) is 0.769. The standard InChI is InChI=1S/C13H15ClFN3O2/c1-3-19-13(20-4-2)10-8-18(17-16-10)11-7-5-6-9(14)12(11)15/h5-8,13H,3-4H2,1-2H3. The van der Waals surface area contributed by atoms with Gasteiger partial charge in [-0.1, -0.05) is 22.9 Å². The number of halogens is 2. The van der Waals surface area contributed by atoms with Crippen molar-refractivity contribution in [2.45, 2.75) is 20.1 Å². The fourth-order valence-electron chi connectivity index (χ4n) is 1.69. The summed E-state index contributed by atoms with van der Waals surface area (Å²) in [6.45, 7) is 4.66. The first kappa shape index (κ1) is 14.9. The maximum absolute atomic E-state index is 13.9. The zero-order chi connectivity index (χ0) is 14.5. The lowest BCUT2D eigenvalue weighted by Crippen LogP contribution is -2.09. The molecule has 2 rings (SSSR count). The molecule has 0 atom stereocenters. The van der Waals surface area contributed by atoms with E-state index in [-0.39, 0.29) is 10.7 Å². The third kappa shape index (κ3) is 3.15. The van der Waals surface area contributed by atoms with Gasteiger partial charge in [0.2, 0.25) is 6.29 Å². The van der Waals surface area contributed by atoms with Crippen LogP contribution >= 0.6 is 11.6 Å². The minimum absolute atomic E-state index is 0.0331. The van der Waals surface area contributed by atoms with Gasteiger partial charge < -0.3 is 9.47 Å². The molecule has 1 aromatic heterocycles. The molecule has 0 radical (unpaired) electrons. The van der Waals surface area contributed by atoms with Gasteiger partial charge in [-0.05, 0) is 26.0 Å². The van der Waals surface area contributed by atoms with Gasteiger partial charge in [0, 0.05) is 13.2 Å². The van der Waals surface area contributed by atoms with Gasteiger partial charge in [0.05, 0.1) is 11.2 Å². The predicted molar refractivity (Wildman–Crippen MR) is 72.3 cm³/mol. The number of hydrogen-bond donors (Lipinski definition) is 0. The molecule has 20 heavy (non-hydrogen) atoms. The molecule has 0 fully saturated rings. The van der Waals surface area contributed by atoms with Crippen LogP contribution in [0.2, 0.25) is 5.02 Å². The second kappa shape index (κ2) is 6.78. The maximum Gasteiger partial charge on any atom is 0.204 e. The molecule has 0 saturated heterocycles. The summed E-state index contributed by atoms with van der Waals surface area (Å²) in [4.78, 5) is 0. The van der Waals surface area contributed by atoms with Crippen LogP contribution in [-0.4, -0.2) is 28.2 Å². The first-order valence-corrected chi connectivity index (χ1v) is 6.65. The molecule has 1 aromatic carbocycles. The van der Waals surface area contributed by atoms with Gasteiger partial charge in [0.25, 0.3) is 0 Å². The second-order valence-electron chi connectivity index (χ2n) is 3.90. The molecule has 108 valence electrons. The van der Waals surface area contributed by atoms with Crippen LogP contribution in [-0.2, 0) is 9.47 Å². The summed E-state index contributed by atoms with van der Waals surface area (Å²) in [6.07, 6.45) is 0.950. The summed E-state index contributed by atoms with van der Waals surface area (Å²) >= 11 is 5.75. The highest BCUT2D eigenvalue weighted by Gasteiger charge is 2.17. The molecule has 7 heteroatoms. The Bertz CT molecular complexity index is 570. The molecular formula is C13H15ClFN3O2. The van der Waals surface area contributed by atoms with Crippen LogP contribution in [0, 0.1) is 5.82 Å². The van der Waals surface area contributed by atoms with E-state index in [2.05, 4.69) is 10.3 Å². The number of hydrogen-bond acceptors (Lipinski definition) is 4. The van der Waals surface area contributed by atoms with Crippen molar-refractivity contribution in [2.24, 2.45) is 0 Å². The number of rotatable bonds is 6. The lowest BCUT2D eigenvalue weighted by atomic mass is 10.3. The highest BCUT2D eigenvalue weighted by molar-refractivity contribution is 6.30. The Kier molecular flexibility index (Phi) is 5.05. The molecule has 0 bridgehead atoms. The summed E-state index contributed by atoms with van der Waals surface area (Å²) < 4.78 is 26.0. The fraction of sp³-hybridized carbons (Fsp3) is 0.385. The average Bonchev–Trinajstić information content (AvgIpc) is 2.91. The van der Waals surface area contributed by atoms with Gasteiger partial charge in [-0.25, -0.2) is 9.07 Å². The van der Waals surface area contributed by atoms with Crippen LogP contribution in [0.1, 0.15) is 25.8 Å². The summed E-state index contributed by atoms with van der Waals surface area (Å²) in [5.41, 5.74) is 0.705. The van der Waals surface area contributed by atoms with Crippen LogP contribution in [0.5, 0.6) is 0 Å². The Hall–Kier alpha value is -1.50. The van der Waals surface area contributed by atoms with Gasteiger partial charge in [-0.15, -0.1) is 5.10 Å². The molecule has 0 amide bonds. The van der Waals surface area contributed by atoms with Gasteiger partial charge in [0.15, 0.2) is 5.82 Å². The van der Waals surface area contributed by atoms with Crippen molar-refractivity contribution in [1.82, 2.24) is 15.0 Å². The van der Waals surface area contributed by atoms with Crippen molar-refractivity contribution in [1.29, 1.82) is 0 Å². The van der Waals surface area contributed by atoms with Crippen molar-refractivity contribution < 1.29 is 13.9 Å². The van der Waals surface area contributed by atoms with Gasteiger partial charge in [-0.2, -0.15) is 0 Å². The summed E-state index contributed by atoms with van der Waals surface area (Å²) in [5, 5.41) is 7.87. The summed E-state index contributed by atoms with van der Waals surface area (Å²) in [7, 11) is 0. The number of nitrogens with zero attached hydrogens (tertiary/aromatic N) is 3. The van der Waals surface area contributed by atoms with Crippen LogP contribution < -0.4 is 0 Å². The Morgan fingerprint density at radius 2 is 2.00 bits per heavy atom. The Morgan fingerprint density at radius 3 is 2.65 bits per heavy atom. The van der Waals surface area contributed by atoms with E-state index in [1.54, 1.807) is 18.3 Å². The lowest BCUT2D eigenvalue weighted by molar-refractivity contribution is -0.142. The molecule has 2 aromatic rings. The van der Waals surface area contributed by atoms with Crippen LogP contribution in [0.25, 0.3) is 5.69 Å². The smallest absolute Gasteiger partial charge is 0.204 e. The fourth-order valence-corrected chi connectivity index (χ4v) is 1.86. The van der Waals surface area contributed by atoms with Gasteiger partial charge >= 0.3 is 0 Å². The van der Waals surface area contributed by atoms with Crippen molar-refractivity contribution in [3.8, 4) is 5.69 Å². The van der Waals surface area contributed by atoms with Crippen molar-refractivity contribution in [3.63, 3.8) is 0 Å². The highest BCUT2D eigenvalue weighted by Crippen LogP contribution is 2.22. The SMILES string of the molecule is CCOC(OCC)c1cn(-c2cccc(Cl)c2F)nn1. The zero-order valence-corrected chi connectivity index (χ0v) is 12.0. The molecule has 0 aliphatic rings. The maximum atomic E-state index is 13.9. The van der Waals surface area contributed by atoms with Crippen LogP contribution in [0.15, 0.2) is 24.4 Å². The molecule has 0 saturated carbocycles. The topological polar surface area (TPSA) is 49.2 Å². The molecule has 0 unspecified atom stereocenters. The monoisotopic (exact) mass is 299 g/mol. The first-order chi connectivity index (χ1) is 9.67. The molecular weight excluding hydrogens is 285 g/mol. The van der Waals surface area contributed by atoms with Gasteiger partial charge in [0.1, 0.15) is 11.4 Å². The third-order valence-electron chi connectivity index (χ3n) is 2.57. The van der Waals surface area contributed by atoms with E-state index in [0.29, 0.717) is 18.9 Å². The Balaban J connectivity index is 2.30. The van der Waals surface area contributed by atoms with E-state index < -0.39 is 12.1 Å². The molecule has 0 aliphatic carbocycles. The molecule has 0 spiro atoms. The molecule has 1 heterocycles. The van der Waals surface area contributed by atoms with E-state index in [4.69, 9.17) is 21.1 Å². The van der Waals surface area contributed by atoms with Crippen molar-refractivity contribution in [2.75, 3.05) is 13.2 Å². The number of aromatic nitrogens is 3. The van der Waals surface area contributed by atoms with E-state index in [0.717, 1.165) is 0 Å². The Labute approximate surface area is 121 Å². The van der Waals surface area contributed by atoms with E-state index >= 15 is 0 Å². The normalized spacial score (nSPS) is 11.2. The van der Waals surface area contributed by atoms with Crippen LogP contribution in [0.3, 0.4) is 0 Å². The number of benzene rings is 1. The van der Waals surface area contributed by atoms with Crippen LogP contribution in [0.4, 0.5) is 4.39 Å². The zero-order valence-electron chi connectivity index (χ0n) is 11.2. The van der Waals surface area contributed by atoms with E-state index in [1.165, 1.54) is 10.7 Å². The second-order valence-corrected chi connectivity index (χ2v) is 4.31. The van der Waals surface area contributed by atoms with Gasteiger partial charge in [-0.3, -0.25) is 0 Å². The number of ether oxygens (including phenoxy) is 2. The third-order valence-corrected chi connectivity index (χ3v) is 2.86. The first-order valence-electron chi connectivity index (χ1n) is 6.27. The molecule has 0 N–H and O–H groups in total. The minimum Gasteiger partial charge on any atom is -0.347 e. The van der Waals surface area contributed by atoms with E-state index in [9.17, 15) is 4.39 Å². The largest absolute Gasteiger partial charge is 0.347 e. The predicted octanol–water partition coefficient (Wildman–Crippen LogP) is 3.13. The van der Waals surface area contributed by atoms with Crippen molar-refractivity contribution >= 4 is 11.6 Å². The average molecular weight is 300 g/mol. The summed E-state index contributed by atoms with van der Waals surface area (Å²) in [6, 6.07) is 4.68. The Morgan fingerprint density at radius 1 is 1.30 bits per heavy atom. The van der Waals surface area contributed by atoms with E-state index in [1.807, 2.05) is 13.8 Å². The summed E-state index contributed by atoms with van der Waals surface area (Å²) in [5.74, 6) is -0.546. The lowest BCUT2D eigenvalue weighted by Gasteiger charge is -2.13. The molecule has 0 aliphatic heterocycles. The van der Waals surface area contributed by atoms with Crippen molar-refractivity contribution in [3.05, 3.63) is 40.9 Å². The highest BCUT2D eigenvalue weighted by atomic mass is 35.5. The minimum atomic E-state index is -0.610. The molecule has 5 nitrogen and oxygen atoms in total.